The molecule has 66 heavy (non-hydrogen) atoms. The van der Waals surface area contributed by atoms with Crippen molar-refractivity contribution >= 4 is 34.8 Å². The highest BCUT2D eigenvalue weighted by atomic mass is 16.5. The molecule has 5 unspecified atom stereocenters. The predicted molar refractivity (Wildman–Crippen MR) is 252 cm³/mol. The van der Waals surface area contributed by atoms with Crippen molar-refractivity contribution in [1.82, 2.24) is 40.1 Å². The quantitative estimate of drug-likeness (QED) is 0.0501. The van der Waals surface area contributed by atoms with E-state index in [1.807, 2.05) is 57.0 Å². The van der Waals surface area contributed by atoms with Gasteiger partial charge in [-0.2, -0.15) is 0 Å². The summed E-state index contributed by atoms with van der Waals surface area (Å²) in [6.45, 7) is 8.63. The number of aromatic amines is 2. The van der Waals surface area contributed by atoms with E-state index in [9.17, 15) is 19.2 Å². The van der Waals surface area contributed by atoms with Crippen molar-refractivity contribution in [3.63, 3.8) is 0 Å². The lowest BCUT2D eigenvalue weighted by atomic mass is 9.96. The first-order chi connectivity index (χ1) is 31.8. The summed E-state index contributed by atoms with van der Waals surface area (Å²) in [5.41, 5.74) is 7.00. The van der Waals surface area contributed by atoms with E-state index < -0.39 is 24.3 Å². The molecule has 4 heterocycles. The highest BCUT2D eigenvalue weighted by Gasteiger charge is 2.42. The highest BCUT2D eigenvalue weighted by molar-refractivity contribution is 5.91. The van der Waals surface area contributed by atoms with Crippen LogP contribution < -0.4 is 11.2 Å². The van der Waals surface area contributed by atoms with Crippen molar-refractivity contribution in [1.29, 1.82) is 0 Å². The number of carbonyl (C=O) groups is 4. The first-order valence-corrected chi connectivity index (χ1v) is 22.7. The molecule has 15 nitrogen and oxygen atoms in total. The van der Waals surface area contributed by atoms with Crippen molar-refractivity contribution < 1.29 is 28.7 Å². The van der Waals surface area contributed by atoms with Gasteiger partial charge < -0.3 is 34.6 Å². The molecule has 4 amide bonds. The van der Waals surface area contributed by atoms with Crippen LogP contribution in [0.15, 0.2) is 103 Å². The molecule has 2 aromatic heterocycles. The molecule has 15 heteroatoms. The van der Waals surface area contributed by atoms with E-state index in [0.717, 1.165) is 75.1 Å². The number of nitrogens with two attached hydrogens (primary N) is 1. The molecule has 0 aliphatic carbocycles. The lowest BCUT2D eigenvalue weighted by Gasteiger charge is -2.33. The smallest absolute Gasteiger partial charge is 0.424 e. The molecule has 2 saturated heterocycles. The van der Waals surface area contributed by atoms with E-state index in [-0.39, 0.29) is 41.7 Å². The third kappa shape index (κ3) is 9.52. The second-order valence-electron chi connectivity index (χ2n) is 18.1. The van der Waals surface area contributed by atoms with E-state index in [2.05, 4.69) is 88.1 Å². The number of alkyl carbamates (subject to hydrolysis) is 1. The zero-order valence-electron chi connectivity index (χ0n) is 38.4. The summed E-state index contributed by atoms with van der Waals surface area (Å²) in [4.78, 5) is 72.7. The van der Waals surface area contributed by atoms with Gasteiger partial charge >= 0.3 is 12.2 Å². The Balaban J connectivity index is 0.965. The third-order valence-electron chi connectivity index (χ3n) is 13.0. The Labute approximate surface area is 385 Å². The molecular weight excluding hydrogens is 835 g/mol. The van der Waals surface area contributed by atoms with Crippen LogP contribution >= 0.6 is 0 Å². The van der Waals surface area contributed by atoms with Crippen LogP contribution in [0.25, 0.3) is 44.4 Å². The number of nitrogens with zero attached hydrogens (tertiary/aromatic N) is 5. The minimum absolute atomic E-state index is 0.146. The number of methoxy groups -OCH3 is 2. The van der Waals surface area contributed by atoms with Gasteiger partial charge in [0.15, 0.2) is 0 Å². The molecular formula is C51H59N9O6. The number of hydrogen-bond acceptors (Lipinski definition) is 9. The molecule has 344 valence electrons. The Morgan fingerprint density at radius 3 is 1.98 bits per heavy atom. The summed E-state index contributed by atoms with van der Waals surface area (Å²) in [6.07, 6.45) is 5.35. The van der Waals surface area contributed by atoms with Gasteiger partial charge in [0.1, 0.15) is 23.7 Å². The van der Waals surface area contributed by atoms with Crippen molar-refractivity contribution in [2.75, 3.05) is 27.3 Å². The third-order valence-corrected chi connectivity index (χ3v) is 13.0. The predicted octanol–water partition coefficient (Wildman–Crippen LogP) is 8.43. The number of rotatable bonds is 13. The standard InChI is InChI=1S/C51H59N9O6/c1-30(2)44(57-50(63)65-5)48(61)59-29-33(23-32-11-8-7-9-12-32)24-43(59)47-54-27-40(55-47)35-16-14-34(15-17-35)36-18-19-38-26-39(21-20-37(38)25-36)41-28-53-46(56-41)42-13-10-22-58(42)49(62)45(31(3)4)60(52)51(64)66-6/h7-9,11-12,14-21,25-28,30-31,33,42-45H,10,13,22-24,29,52H2,1-6H3,(H,53,56)(H,54,55)(H,57,63). The summed E-state index contributed by atoms with van der Waals surface area (Å²) in [5.74, 6) is 6.93. The number of hydrogen-bond donors (Lipinski definition) is 4. The molecule has 0 bridgehead atoms. The Morgan fingerprint density at radius 1 is 0.742 bits per heavy atom. The lowest BCUT2D eigenvalue weighted by Crippen LogP contribution is -2.56. The van der Waals surface area contributed by atoms with Crippen LogP contribution in [0.4, 0.5) is 9.59 Å². The van der Waals surface area contributed by atoms with Crippen LogP contribution in [-0.2, 0) is 25.5 Å². The van der Waals surface area contributed by atoms with Gasteiger partial charge in [0.05, 0.1) is 50.1 Å². The van der Waals surface area contributed by atoms with Gasteiger partial charge in [-0.05, 0) is 88.6 Å². The van der Waals surface area contributed by atoms with Crippen LogP contribution in [0.1, 0.15) is 76.3 Å². The molecule has 8 rings (SSSR count). The van der Waals surface area contributed by atoms with E-state index in [4.69, 9.17) is 25.3 Å². The number of H-pyrrole nitrogens is 2. The zero-order valence-corrected chi connectivity index (χ0v) is 38.4. The van der Waals surface area contributed by atoms with E-state index in [1.165, 1.54) is 19.8 Å². The molecule has 2 fully saturated rings. The number of likely N-dealkylation sites (tertiary alicyclic amines) is 2. The topological polar surface area (TPSA) is 192 Å². The SMILES string of the molecule is COC(=O)NC(C(=O)N1CC(Cc2ccccc2)CC1c1ncc(-c2ccc(-c3ccc4cc(-c5cnc(C6CCCN6C(=O)C(C(C)C)N(N)C(=O)OC)[nH]5)ccc4c3)cc2)[nH]1)C(C)C. The fourth-order valence-corrected chi connectivity index (χ4v) is 9.57. The van der Waals surface area contributed by atoms with Gasteiger partial charge in [-0.1, -0.05) is 107 Å². The molecule has 4 aromatic carbocycles. The normalized spacial score (nSPS) is 18.2. The number of ether oxygens (including phenoxy) is 2. The Kier molecular flexibility index (Phi) is 13.5. The monoisotopic (exact) mass is 893 g/mol. The maximum Gasteiger partial charge on any atom is 0.424 e. The molecule has 0 saturated carbocycles. The van der Waals surface area contributed by atoms with Gasteiger partial charge in [-0.3, -0.25) is 9.59 Å². The number of fused-ring (bicyclic) bond motifs is 1. The zero-order chi connectivity index (χ0) is 46.6. The second-order valence-corrected chi connectivity index (χ2v) is 18.1. The maximum atomic E-state index is 14.2. The first kappa shape index (κ1) is 45.6. The molecule has 5 atom stereocenters. The minimum atomic E-state index is -0.864. The number of imidazole rings is 2. The van der Waals surface area contributed by atoms with Crippen LogP contribution in [0, 0.1) is 17.8 Å². The van der Waals surface area contributed by atoms with Gasteiger partial charge in [0, 0.05) is 18.7 Å². The average Bonchev–Trinajstić information content (AvgIpc) is 4.17. The largest absolute Gasteiger partial charge is 0.453 e. The Morgan fingerprint density at radius 2 is 1.35 bits per heavy atom. The number of benzene rings is 4. The fraction of sp³-hybridized carbons (Fsp3) is 0.373. The van der Waals surface area contributed by atoms with Crippen LogP contribution in [-0.4, -0.2) is 98.1 Å². The minimum Gasteiger partial charge on any atom is -0.453 e. The first-order valence-electron chi connectivity index (χ1n) is 22.7. The van der Waals surface area contributed by atoms with Gasteiger partial charge in [-0.25, -0.2) is 30.4 Å². The van der Waals surface area contributed by atoms with Gasteiger partial charge in [-0.15, -0.1) is 0 Å². The molecule has 0 spiro atoms. The molecule has 6 aromatic rings. The van der Waals surface area contributed by atoms with Crippen LogP contribution in [0.2, 0.25) is 0 Å². The van der Waals surface area contributed by atoms with E-state index >= 15 is 0 Å². The number of nitrogens with one attached hydrogen (secondary N) is 3. The second kappa shape index (κ2) is 19.6. The Bertz CT molecular complexity index is 2680. The number of hydrazine groups is 1. The summed E-state index contributed by atoms with van der Waals surface area (Å²) in [6, 6.07) is 29.2. The van der Waals surface area contributed by atoms with Crippen molar-refractivity contribution in [2.45, 2.75) is 77.5 Å². The summed E-state index contributed by atoms with van der Waals surface area (Å²) in [5, 5.41) is 5.81. The summed E-state index contributed by atoms with van der Waals surface area (Å²) >= 11 is 0. The van der Waals surface area contributed by atoms with E-state index in [0.29, 0.717) is 24.7 Å². The lowest BCUT2D eigenvalue weighted by molar-refractivity contribution is -0.139. The average molecular weight is 894 g/mol. The van der Waals surface area contributed by atoms with Crippen molar-refractivity contribution in [3.8, 4) is 33.6 Å². The molecule has 2 aliphatic rings. The fourth-order valence-electron chi connectivity index (χ4n) is 9.57. The van der Waals surface area contributed by atoms with Crippen molar-refractivity contribution in [3.05, 3.63) is 121 Å². The van der Waals surface area contributed by atoms with E-state index in [1.54, 1.807) is 11.1 Å². The Hall–Kier alpha value is -7.00. The molecule has 0 radical (unpaired) electrons. The van der Waals surface area contributed by atoms with Crippen LogP contribution in [0.3, 0.4) is 0 Å². The number of amides is 4. The maximum absolute atomic E-state index is 14.2. The molecule has 2 aliphatic heterocycles. The van der Waals surface area contributed by atoms with Crippen LogP contribution in [0.5, 0.6) is 0 Å². The number of aromatic nitrogens is 4. The summed E-state index contributed by atoms with van der Waals surface area (Å²) in [7, 11) is 2.54. The van der Waals surface area contributed by atoms with Gasteiger partial charge in [0.25, 0.3) is 0 Å². The highest BCUT2D eigenvalue weighted by Crippen LogP contribution is 2.39. The molecule has 5 N–H and O–H groups in total. The van der Waals surface area contributed by atoms with Gasteiger partial charge in [0.2, 0.25) is 11.8 Å². The summed E-state index contributed by atoms with van der Waals surface area (Å²) < 4.78 is 9.67. The number of carbonyl (C=O) groups excluding carboxylic acids is 4. The van der Waals surface area contributed by atoms with Crippen molar-refractivity contribution in [2.24, 2.45) is 23.6 Å².